The zero-order valence-corrected chi connectivity index (χ0v) is 12.0. The Morgan fingerprint density at radius 3 is 1.92 bits per heavy atom. The highest BCUT2D eigenvalue weighted by molar-refractivity contribution is 9.11. The summed E-state index contributed by atoms with van der Waals surface area (Å²) < 4.78 is 2.99. The molecule has 0 unspecified atom stereocenters. The van der Waals surface area contributed by atoms with Gasteiger partial charge in [-0.25, -0.2) is 0 Å². The van der Waals surface area contributed by atoms with Gasteiger partial charge in [0.2, 0.25) is 0 Å². The van der Waals surface area contributed by atoms with Gasteiger partial charge in [-0.1, -0.05) is 15.9 Å². The molecule has 1 nitrogen and oxygen atoms in total. The zero-order valence-electron chi connectivity index (χ0n) is 7.24. The fourth-order valence-corrected chi connectivity index (χ4v) is 3.30. The van der Waals surface area contributed by atoms with Crippen molar-refractivity contribution in [1.82, 2.24) is 0 Å². The maximum Gasteiger partial charge on any atom is 0.0913 e. The Bertz CT molecular complexity index is 331. The molecule has 1 rings (SSSR count). The fraction of sp³-hybridized carbons (Fsp3) is 0.222. The minimum Gasteiger partial charge on any atom is -0.256 e. The molecule has 13 heavy (non-hydrogen) atoms. The second-order valence-corrected chi connectivity index (χ2v) is 5.40. The highest BCUT2D eigenvalue weighted by Crippen LogP contribution is 2.36. The molecule has 0 heterocycles. The first kappa shape index (κ1) is 11.4. The molecule has 0 spiro atoms. The third-order valence-corrected chi connectivity index (χ3v) is 2.98. The summed E-state index contributed by atoms with van der Waals surface area (Å²) in [6.07, 6.45) is 0. The molecular formula is C9H8Br3N. The zero-order chi connectivity index (χ0) is 10.0. The van der Waals surface area contributed by atoms with E-state index in [-0.39, 0.29) is 0 Å². The summed E-state index contributed by atoms with van der Waals surface area (Å²) in [7, 11) is 0. The van der Waals surface area contributed by atoms with Crippen LogP contribution in [-0.4, -0.2) is 5.71 Å². The lowest BCUT2D eigenvalue weighted by atomic mass is 10.3. The molecule has 0 aromatic heterocycles. The van der Waals surface area contributed by atoms with Crippen LogP contribution in [0.15, 0.2) is 30.5 Å². The van der Waals surface area contributed by atoms with E-state index < -0.39 is 0 Å². The molecule has 4 heteroatoms. The van der Waals surface area contributed by atoms with Gasteiger partial charge in [-0.05, 0) is 57.8 Å². The van der Waals surface area contributed by atoms with Crippen molar-refractivity contribution in [2.75, 3.05) is 0 Å². The Hall–Kier alpha value is 0.330. The van der Waals surface area contributed by atoms with E-state index >= 15 is 0 Å². The van der Waals surface area contributed by atoms with E-state index in [1.165, 1.54) is 0 Å². The van der Waals surface area contributed by atoms with Crippen LogP contribution in [0.1, 0.15) is 13.8 Å². The second-order valence-electron chi connectivity index (χ2n) is 2.78. The molecule has 0 N–H and O–H groups in total. The normalized spacial score (nSPS) is 9.92. The van der Waals surface area contributed by atoms with E-state index in [4.69, 9.17) is 0 Å². The summed E-state index contributed by atoms with van der Waals surface area (Å²) >= 11 is 10.3. The first-order chi connectivity index (χ1) is 6.00. The lowest BCUT2D eigenvalue weighted by Gasteiger charge is -2.03. The largest absolute Gasteiger partial charge is 0.256 e. The summed E-state index contributed by atoms with van der Waals surface area (Å²) in [6, 6.07) is 3.96. The molecular weight excluding hydrogens is 362 g/mol. The maximum absolute atomic E-state index is 4.40. The molecule has 0 bridgehead atoms. The van der Waals surface area contributed by atoms with Crippen LogP contribution in [0, 0.1) is 0 Å². The summed E-state index contributed by atoms with van der Waals surface area (Å²) in [5, 5.41) is 0. The van der Waals surface area contributed by atoms with Crippen LogP contribution in [-0.2, 0) is 0 Å². The molecule has 0 amide bonds. The average Bonchev–Trinajstić information content (AvgIpc) is 1.96. The molecule has 0 saturated heterocycles. The van der Waals surface area contributed by atoms with E-state index in [0.29, 0.717) is 0 Å². The number of hydrogen-bond donors (Lipinski definition) is 0. The molecule has 0 saturated carbocycles. The first-order valence-electron chi connectivity index (χ1n) is 3.67. The molecule has 1 aromatic carbocycles. The summed E-state index contributed by atoms with van der Waals surface area (Å²) in [4.78, 5) is 4.40. The van der Waals surface area contributed by atoms with Crippen molar-refractivity contribution in [2.45, 2.75) is 13.8 Å². The van der Waals surface area contributed by atoms with E-state index in [1.807, 2.05) is 26.0 Å². The van der Waals surface area contributed by atoms with Crippen LogP contribution in [0.3, 0.4) is 0 Å². The van der Waals surface area contributed by atoms with Crippen LogP contribution < -0.4 is 0 Å². The molecule has 0 aliphatic heterocycles. The van der Waals surface area contributed by atoms with E-state index in [9.17, 15) is 0 Å². The second kappa shape index (κ2) is 4.71. The van der Waals surface area contributed by atoms with Crippen LogP contribution in [0.5, 0.6) is 0 Å². The molecule has 0 aliphatic rings. The quantitative estimate of drug-likeness (QED) is 0.612. The van der Waals surface area contributed by atoms with E-state index in [1.54, 1.807) is 0 Å². The first-order valence-corrected chi connectivity index (χ1v) is 6.05. The smallest absolute Gasteiger partial charge is 0.0913 e. The highest BCUT2D eigenvalue weighted by atomic mass is 79.9. The molecule has 0 fully saturated rings. The van der Waals surface area contributed by atoms with Gasteiger partial charge >= 0.3 is 0 Å². The van der Waals surface area contributed by atoms with Gasteiger partial charge in [-0.15, -0.1) is 0 Å². The number of benzene rings is 1. The van der Waals surface area contributed by atoms with Crippen LogP contribution in [0.4, 0.5) is 5.69 Å². The van der Waals surface area contributed by atoms with Gasteiger partial charge in [0, 0.05) is 19.1 Å². The Kier molecular flexibility index (Phi) is 4.13. The van der Waals surface area contributed by atoms with Crippen LogP contribution >= 0.6 is 47.8 Å². The van der Waals surface area contributed by atoms with E-state index in [0.717, 1.165) is 24.8 Å². The van der Waals surface area contributed by atoms with Gasteiger partial charge in [0.25, 0.3) is 0 Å². The van der Waals surface area contributed by atoms with Crippen LogP contribution in [0.25, 0.3) is 0 Å². The number of hydrogen-bond acceptors (Lipinski definition) is 1. The summed E-state index contributed by atoms with van der Waals surface area (Å²) in [5.41, 5.74) is 1.96. The van der Waals surface area contributed by atoms with Gasteiger partial charge in [0.1, 0.15) is 0 Å². The maximum atomic E-state index is 4.40. The SMILES string of the molecule is CC(C)=Nc1c(Br)cc(Br)cc1Br. The van der Waals surface area contributed by atoms with Crippen molar-refractivity contribution in [3.63, 3.8) is 0 Å². The van der Waals surface area contributed by atoms with Gasteiger partial charge in [-0.2, -0.15) is 0 Å². The summed E-state index contributed by atoms with van der Waals surface area (Å²) in [6.45, 7) is 3.95. The molecule has 0 aliphatic carbocycles. The number of halogens is 3. The van der Waals surface area contributed by atoms with Crippen molar-refractivity contribution >= 4 is 59.2 Å². The molecule has 70 valence electrons. The molecule has 1 aromatic rings. The average molecular weight is 370 g/mol. The minimum atomic E-state index is 0.934. The van der Waals surface area contributed by atoms with Crippen molar-refractivity contribution in [2.24, 2.45) is 4.99 Å². The Balaban J connectivity index is 3.29. The predicted octanol–water partition coefficient (Wildman–Crippen LogP) is 5.09. The summed E-state index contributed by atoms with van der Waals surface area (Å²) in [5.74, 6) is 0. The third kappa shape index (κ3) is 3.18. The highest BCUT2D eigenvalue weighted by Gasteiger charge is 2.04. The Morgan fingerprint density at radius 2 is 1.54 bits per heavy atom. The van der Waals surface area contributed by atoms with E-state index in [2.05, 4.69) is 52.8 Å². The fourth-order valence-electron chi connectivity index (χ4n) is 0.865. The van der Waals surface area contributed by atoms with Crippen molar-refractivity contribution in [1.29, 1.82) is 0 Å². The molecule has 0 radical (unpaired) electrons. The van der Waals surface area contributed by atoms with Gasteiger partial charge in [0.05, 0.1) is 5.69 Å². The number of rotatable bonds is 1. The van der Waals surface area contributed by atoms with Crippen molar-refractivity contribution < 1.29 is 0 Å². The standard InChI is InChI=1S/C9H8Br3N/c1-5(2)13-9-7(11)3-6(10)4-8(9)12/h3-4H,1-2H3. The minimum absolute atomic E-state index is 0.934. The van der Waals surface area contributed by atoms with Crippen molar-refractivity contribution in [3.8, 4) is 0 Å². The van der Waals surface area contributed by atoms with Gasteiger partial charge in [0.15, 0.2) is 0 Å². The number of nitrogens with zero attached hydrogens (tertiary/aromatic N) is 1. The number of aliphatic imine (C=N–C) groups is 1. The van der Waals surface area contributed by atoms with Gasteiger partial charge in [-0.3, -0.25) is 4.99 Å². The lowest BCUT2D eigenvalue weighted by Crippen LogP contribution is -1.81. The predicted molar refractivity (Wildman–Crippen MR) is 68.0 cm³/mol. The topological polar surface area (TPSA) is 12.4 Å². The van der Waals surface area contributed by atoms with Gasteiger partial charge < -0.3 is 0 Å². The van der Waals surface area contributed by atoms with Crippen LogP contribution in [0.2, 0.25) is 0 Å². The van der Waals surface area contributed by atoms with Crippen molar-refractivity contribution in [3.05, 3.63) is 25.6 Å². The Labute approximate surface area is 103 Å². The molecule has 0 atom stereocenters. The lowest BCUT2D eigenvalue weighted by molar-refractivity contribution is 1.41. The Morgan fingerprint density at radius 1 is 1.08 bits per heavy atom. The third-order valence-electron chi connectivity index (χ3n) is 1.32. The monoisotopic (exact) mass is 367 g/mol.